The first-order valence-electron chi connectivity index (χ1n) is 6.77. The second-order valence-electron chi connectivity index (χ2n) is 5.05. The van der Waals surface area contributed by atoms with Gasteiger partial charge in [-0.3, -0.25) is 0 Å². The fourth-order valence-electron chi connectivity index (χ4n) is 2.65. The Morgan fingerprint density at radius 1 is 1.42 bits per heavy atom. The summed E-state index contributed by atoms with van der Waals surface area (Å²) in [4.78, 5) is 0. The first kappa shape index (κ1) is 14.8. The second-order valence-corrected chi connectivity index (χ2v) is 5.97. The van der Waals surface area contributed by atoms with E-state index in [0.717, 1.165) is 41.7 Å². The van der Waals surface area contributed by atoms with Crippen molar-refractivity contribution in [3.63, 3.8) is 0 Å². The fourth-order valence-corrected chi connectivity index (χ4v) is 3.03. The molecule has 106 valence electrons. The molecule has 0 saturated heterocycles. The van der Waals surface area contributed by atoms with E-state index < -0.39 is 6.10 Å². The molecule has 2 rings (SSSR count). The lowest BCUT2D eigenvalue weighted by Gasteiger charge is -2.36. The molecule has 1 aromatic carbocycles. The van der Waals surface area contributed by atoms with Crippen LogP contribution in [0.3, 0.4) is 0 Å². The van der Waals surface area contributed by atoms with E-state index >= 15 is 0 Å². The Hall–Kier alpha value is -0.580. The molecule has 4 heteroatoms. The van der Waals surface area contributed by atoms with Gasteiger partial charge in [-0.15, -0.1) is 0 Å². The summed E-state index contributed by atoms with van der Waals surface area (Å²) >= 11 is 3.43. The number of aliphatic hydroxyl groups excluding tert-OH is 1. The van der Waals surface area contributed by atoms with Crippen molar-refractivity contribution in [2.45, 2.75) is 38.4 Å². The minimum absolute atomic E-state index is 0.395. The van der Waals surface area contributed by atoms with Crippen molar-refractivity contribution < 1.29 is 14.6 Å². The van der Waals surface area contributed by atoms with Gasteiger partial charge >= 0.3 is 0 Å². The van der Waals surface area contributed by atoms with Crippen LogP contribution in [0.2, 0.25) is 0 Å². The third-order valence-corrected chi connectivity index (χ3v) is 4.20. The van der Waals surface area contributed by atoms with Crippen LogP contribution in [0.4, 0.5) is 0 Å². The Labute approximate surface area is 123 Å². The third-order valence-electron chi connectivity index (χ3n) is 3.70. The monoisotopic (exact) mass is 328 g/mol. The topological polar surface area (TPSA) is 38.7 Å². The van der Waals surface area contributed by atoms with E-state index in [4.69, 9.17) is 9.47 Å². The maximum atomic E-state index is 10.4. The summed E-state index contributed by atoms with van der Waals surface area (Å²) in [5, 5.41) is 10.4. The quantitative estimate of drug-likeness (QED) is 0.865. The predicted molar refractivity (Wildman–Crippen MR) is 78.4 cm³/mol. The highest BCUT2D eigenvalue weighted by Gasteiger charge is 2.31. The van der Waals surface area contributed by atoms with Crippen molar-refractivity contribution in [1.29, 1.82) is 0 Å². The lowest BCUT2D eigenvalue weighted by Crippen LogP contribution is -2.32. The van der Waals surface area contributed by atoms with Crippen molar-refractivity contribution in [2.24, 2.45) is 5.92 Å². The van der Waals surface area contributed by atoms with E-state index in [1.165, 1.54) is 0 Å². The van der Waals surface area contributed by atoms with Gasteiger partial charge in [0.1, 0.15) is 5.75 Å². The van der Waals surface area contributed by atoms with Crippen molar-refractivity contribution in [3.8, 4) is 5.75 Å². The van der Waals surface area contributed by atoms with Gasteiger partial charge in [0.2, 0.25) is 0 Å². The van der Waals surface area contributed by atoms with Crippen LogP contribution in [0.15, 0.2) is 22.7 Å². The van der Waals surface area contributed by atoms with Crippen molar-refractivity contribution >= 4 is 15.9 Å². The molecule has 0 aliphatic heterocycles. The molecule has 0 aromatic heterocycles. The maximum Gasteiger partial charge on any atom is 0.124 e. The smallest absolute Gasteiger partial charge is 0.124 e. The van der Waals surface area contributed by atoms with Crippen LogP contribution in [0.5, 0.6) is 5.75 Å². The average molecular weight is 329 g/mol. The maximum absolute atomic E-state index is 10.4. The summed E-state index contributed by atoms with van der Waals surface area (Å²) in [6.07, 6.45) is 2.81. The molecule has 1 atom stereocenters. The highest BCUT2D eigenvalue weighted by atomic mass is 79.9. The molecule has 0 bridgehead atoms. The molecule has 3 nitrogen and oxygen atoms in total. The minimum Gasteiger partial charge on any atom is -0.496 e. The summed E-state index contributed by atoms with van der Waals surface area (Å²) in [6, 6.07) is 5.73. The molecule has 0 heterocycles. The minimum atomic E-state index is -0.472. The van der Waals surface area contributed by atoms with E-state index in [9.17, 15) is 5.11 Å². The normalized spacial score (nSPS) is 23.8. The average Bonchev–Trinajstić information content (AvgIpc) is 2.36. The van der Waals surface area contributed by atoms with Crippen LogP contribution in [0, 0.1) is 5.92 Å². The fraction of sp³-hybridized carbons (Fsp3) is 0.600. The third kappa shape index (κ3) is 3.71. The molecular formula is C15H21BrO3. The molecule has 0 radical (unpaired) electrons. The van der Waals surface area contributed by atoms with Crippen LogP contribution < -0.4 is 4.74 Å². The van der Waals surface area contributed by atoms with Gasteiger partial charge < -0.3 is 14.6 Å². The molecule has 1 fully saturated rings. The van der Waals surface area contributed by atoms with Crippen LogP contribution in [-0.2, 0) is 4.74 Å². The first-order chi connectivity index (χ1) is 9.13. The number of ether oxygens (including phenoxy) is 2. The molecule has 1 N–H and O–H groups in total. The van der Waals surface area contributed by atoms with Gasteiger partial charge in [0.15, 0.2) is 0 Å². The summed E-state index contributed by atoms with van der Waals surface area (Å²) in [6.45, 7) is 2.80. The summed E-state index contributed by atoms with van der Waals surface area (Å²) in [5.74, 6) is 1.30. The molecule has 0 spiro atoms. The van der Waals surface area contributed by atoms with E-state index in [1.54, 1.807) is 7.11 Å². The highest BCUT2D eigenvalue weighted by Crippen LogP contribution is 2.39. The van der Waals surface area contributed by atoms with Crippen molar-refractivity contribution in [2.75, 3.05) is 13.7 Å². The van der Waals surface area contributed by atoms with Crippen LogP contribution in [0.1, 0.15) is 37.9 Å². The number of benzene rings is 1. The second kappa shape index (κ2) is 6.73. The van der Waals surface area contributed by atoms with Crippen LogP contribution >= 0.6 is 15.9 Å². The van der Waals surface area contributed by atoms with Crippen molar-refractivity contribution in [3.05, 3.63) is 28.2 Å². The summed E-state index contributed by atoms with van der Waals surface area (Å²) in [7, 11) is 1.63. The Morgan fingerprint density at radius 2 is 2.16 bits per heavy atom. The predicted octanol–water partition coefficient (Wildman–Crippen LogP) is 3.70. The first-order valence-corrected chi connectivity index (χ1v) is 7.56. The number of rotatable bonds is 6. The number of hydrogen-bond donors (Lipinski definition) is 1. The van der Waals surface area contributed by atoms with E-state index in [-0.39, 0.29) is 0 Å². The standard InChI is InChI=1S/C15H21BrO3/c1-3-19-12-6-10(7-12)8-14(17)13-9-11(16)4-5-15(13)18-2/h4-5,9-10,12,14,17H,3,6-8H2,1-2H3. The van der Waals surface area contributed by atoms with Gasteiger partial charge in [-0.2, -0.15) is 0 Å². The Morgan fingerprint density at radius 3 is 2.79 bits per heavy atom. The molecule has 1 unspecified atom stereocenters. The van der Waals surface area contributed by atoms with Gasteiger partial charge in [0.05, 0.1) is 19.3 Å². The van der Waals surface area contributed by atoms with Gasteiger partial charge in [-0.05, 0) is 50.3 Å². The molecule has 1 saturated carbocycles. The van der Waals surface area contributed by atoms with Gasteiger partial charge in [0, 0.05) is 16.6 Å². The van der Waals surface area contributed by atoms with Gasteiger partial charge in [-0.1, -0.05) is 15.9 Å². The molecular weight excluding hydrogens is 308 g/mol. The number of halogens is 1. The SMILES string of the molecule is CCOC1CC(CC(O)c2cc(Br)ccc2OC)C1. The molecule has 1 aliphatic rings. The largest absolute Gasteiger partial charge is 0.496 e. The molecule has 1 aliphatic carbocycles. The van der Waals surface area contributed by atoms with Gasteiger partial charge in [0.25, 0.3) is 0 Å². The number of methoxy groups -OCH3 is 1. The zero-order valence-corrected chi connectivity index (χ0v) is 13.0. The van der Waals surface area contributed by atoms with E-state index in [1.807, 2.05) is 25.1 Å². The van der Waals surface area contributed by atoms with E-state index in [2.05, 4.69) is 15.9 Å². The Bertz CT molecular complexity index is 416. The Kier molecular flexibility index (Phi) is 5.25. The lowest BCUT2D eigenvalue weighted by molar-refractivity contribution is -0.0381. The summed E-state index contributed by atoms with van der Waals surface area (Å²) < 4.78 is 11.8. The number of hydrogen-bond acceptors (Lipinski definition) is 3. The Balaban J connectivity index is 1.93. The highest BCUT2D eigenvalue weighted by molar-refractivity contribution is 9.10. The van der Waals surface area contributed by atoms with Gasteiger partial charge in [-0.25, -0.2) is 0 Å². The molecule has 0 amide bonds. The van der Waals surface area contributed by atoms with E-state index in [0.29, 0.717) is 12.0 Å². The number of aliphatic hydroxyl groups is 1. The molecule has 19 heavy (non-hydrogen) atoms. The zero-order chi connectivity index (χ0) is 13.8. The summed E-state index contributed by atoms with van der Waals surface area (Å²) in [5.41, 5.74) is 0.858. The lowest BCUT2D eigenvalue weighted by atomic mass is 9.78. The zero-order valence-electron chi connectivity index (χ0n) is 11.4. The van der Waals surface area contributed by atoms with Crippen LogP contribution in [0.25, 0.3) is 0 Å². The van der Waals surface area contributed by atoms with Crippen LogP contribution in [-0.4, -0.2) is 24.9 Å². The van der Waals surface area contributed by atoms with Crippen molar-refractivity contribution in [1.82, 2.24) is 0 Å². The molecule has 1 aromatic rings.